The normalized spacial score (nSPS) is 12.4. The van der Waals surface area contributed by atoms with Crippen LogP contribution in [0.3, 0.4) is 0 Å². The molecule has 0 bridgehead atoms. The van der Waals surface area contributed by atoms with Crippen LogP contribution in [-0.4, -0.2) is 53.7 Å². The fourth-order valence-corrected chi connectivity index (χ4v) is 2.22. The van der Waals surface area contributed by atoms with Gasteiger partial charge in [-0.3, -0.25) is 8.98 Å². The van der Waals surface area contributed by atoms with E-state index in [1.54, 1.807) is 0 Å². The summed E-state index contributed by atoms with van der Waals surface area (Å²) in [5, 5.41) is 2.34. The van der Waals surface area contributed by atoms with Gasteiger partial charge < -0.3 is 5.32 Å². The molecule has 0 aliphatic carbocycles. The van der Waals surface area contributed by atoms with E-state index in [0.717, 1.165) is 7.05 Å². The van der Waals surface area contributed by atoms with E-state index in [1.807, 2.05) is 0 Å². The summed E-state index contributed by atoms with van der Waals surface area (Å²) in [6, 6.07) is 0. The maximum Gasteiger partial charge on any atom is 0.361 e. The van der Waals surface area contributed by atoms with Gasteiger partial charge in [-0.25, -0.2) is 0 Å². The van der Waals surface area contributed by atoms with Crippen LogP contribution in [0, 0.1) is 0 Å². The van der Waals surface area contributed by atoms with Crippen LogP contribution >= 0.6 is 0 Å². The number of nitrogens with zero attached hydrogens (tertiary/aromatic N) is 1. The second-order valence-corrected chi connectivity index (χ2v) is 6.67. The highest BCUT2D eigenvalue weighted by atomic mass is 32.2. The third-order valence-corrected chi connectivity index (χ3v) is 3.32. The van der Waals surface area contributed by atoms with Crippen molar-refractivity contribution in [1.29, 1.82) is 0 Å². The number of hydroxylamine groups is 1. The number of nitrogens with one attached hydrogen (secondary N) is 1. The maximum absolute atomic E-state index is 11.4. The predicted octanol–water partition coefficient (Wildman–Crippen LogP) is -1.24. The number of rotatable bonds is 8. The Morgan fingerprint density at radius 2 is 1.84 bits per heavy atom. The smallest absolute Gasteiger partial charge is 0.350 e. The molecule has 0 aliphatic rings. The Balaban J connectivity index is 4.25. The van der Waals surface area contributed by atoms with Crippen molar-refractivity contribution in [3.63, 3.8) is 0 Å². The Morgan fingerprint density at radius 3 is 2.26 bits per heavy atom. The van der Waals surface area contributed by atoms with E-state index in [4.69, 9.17) is 0 Å². The van der Waals surface area contributed by atoms with Gasteiger partial charge in [-0.05, 0) is 11.4 Å². The third kappa shape index (κ3) is 7.89. The van der Waals surface area contributed by atoms with E-state index < -0.39 is 26.3 Å². The van der Waals surface area contributed by atoms with E-state index in [2.05, 4.69) is 20.4 Å². The van der Waals surface area contributed by atoms with E-state index in [-0.39, 0.29) is 23.2 Å². The first-order valence-corrected chi connectivity index (χ1v) is 8.10. The summed E-state index contributed by atoms with van der Waals surface area (Å²) >= 11 is 0. The van der Waals surface area contributed by atoms with Crippen molar-refractivity contribution in [1.82, 2.24) is 9.79 Å². The quantitative estimate of drug-likeness (QED) is 0.338. The van der Waals surface area contributed by atoms with Crippen molar-refractivity contribution >= 4 is 26.3 Å². The molecule has 0 spiro atoms. The van der Waals surface area contributed by atoms with Crippen LogP contribution in [0.1, 0.15) is 6.92 Å². The molecular formula is C8H16N2O7S2. The molecule has 0 aromatic rings. The molecule has 1 N–H and O–H groups in total. The molecule has 0 heterocycles. The molecule has 0 saturated carbocycles. The molecule has 19 heavy (non-hydrogen) atoms. The molecule has 0 aliphatic heterocycles. The Morgan fingerprint density at radius 1 is 1.32 bits per heavy atom. The van der Waals surface area contributed by atoms with Crippen LogP contribution in [-0.2, 0) is 33.7 Å². The first kappa shape index (κ1) is 18.0. The highest BCUT2D eigenvalue weighted by Crippen LogP contribution is 2.03. The SMILES string of the molecule is C=C(C)C(=O)NCCOS(=O)(=O)N(C)OS(C)(=O)=O. The van der Waals surface area contributed by atoms with Crippen molar-refractivity contribution in [2.24, 2.45) is 0 Å². The minimum absolute atomic E-state index is 0.0723. The lowest BCUT2D eigenvalue weighted by Crippen LogP contribution is -2.34. The van der Waals surface area contributed by atoms with Gasteiger partial charge in [0.05, 0.1) is 12.9 Å². The summed E-state index contributed by atoms with van der Waals surface area (Å²) in [5.41, 5.74) is 0.264. The molecule has 9 nitrogen and oxygen atoms in total. The number of carbonyl (C=O) groups is 1. The zero-order chi connectivity index (χ0) is 15.3. The topological polar surface area (TPSA) is 119 Å². The van der Waals surface area contributed by atoms with E-state index in [0.29, 0.717) is 6.26 Å². The summed E-state index contributed by atoms with van der Waals surface area (Å²) in [6.07, 6.45) is 0.687. The van der Waals surface area contributed by atoms with Gasteiger partial charge in [0.1, 0.15) is 0 Å². The lowest BCUT2D eigenvalue weighted by Gasteiger charge is -2.14. The van der Waals surface area contributed by atoms with Crippen molar-refractivity contribution in [2.75, 3.05) is 26.5 Å². The monoisotopic (exact) mass is 316 g/mol. The number of amides is 1. The van der Waals surface area contributed by atoms with Crippen molar-refractivity contribution in [2.45, 2.75) is 6.92 Å². The largest absolute Gasteiger partial charge is 0.361 e. The average Bonchev–Trinajstić information content (AvgIpc) is 2.21. The zero-order valence-corrected chi connectivity index (χ0v) is 12.4. The summed E-state index contributed by atoms with van der Waals surface area (Å²) in [6.45, 7) is 4.41. The molecule has 0 saturated heterocycles. The molecule has 11 heteroatoms. The van der Waals surface area contributed by atoms with Crippen LogP contribution in [0.25, 0.3) is 0 Å². The Kier molecular flexibility index (Phi) is 6.59. The Labute approximate surface area is 112 Å². The van der Waals surface area contributed by atoms with Crippen LogP contribution in [0.4, 0.5) is 0 Å². The molecule has 112 valence electrons. The summed E-state index contributed by atoms with van der Waals surface area (Å²) in [7, 11) is -7.47. The molecule has 0 fully saturated rings. The van der Waals surface area contributed by atoms with Gasteiger partial charge in [-0.15, -0.1) is 0 Å². The Hall–Kier alpha value is -1.01. The van der Waals surface area contributed by atoms with Crippen molar-refractivity contribution in [3.8, 4) is 0 Å². The predicted molar refractivity (Wildman–Crippen MR) is 66.4 cm³/mol. The molecule has 1 amide bonds. The van der Waals surface area contributed by atoms with Gasteiger partial charge in [0, 0.05) is 19.2 Å². The van der Waals surface area contributed by atoms with Crippen molar-refractivity contribution < 1.29 is 30.1 Å². The van der Waals surface area contributed by atoms with Crippen LogP contribution in [0.2, 0.25) is 0 Å². The molecular weight excluding hydrogens is 300 g/mol. The van der Waals surface area contributed by atoms with Gasteiger partial charge in [0.15, 0.2) is 0 Å². The second kappa shape index (κ2) is 6.96. The lowest BCUT2D eigenvalue weighted by atomic mass is 10.3. The second-order valence-electron chi connectivity index (χ2n) is 3.50. The van der Waals surface area contributed by atoms with Crippen molar-refractivity contribution in [3.05, 3.63) is 12.2 Å². The van der Waals surface area contributed by atoms with E-state index in [1.165, 1.54) is 6.92 Å². The van der Waals surface area contributed by atoms with Crippen LogP contribution in [0.5, 0.6) is 0 Å². The maximum atomic E-state index is 11.4. The molecule has 0 aromatic carbocycles. The van der Waals surface area contributed by atoms with E-state index in [9.17, 15) is 21.6 Å². The van der Waals surface area contributed by atoms with Gasteiger partial charge in [-0.2, -0.15) is 21.1 Å². The fraction of sp³-hybridized carbons (Fsp3) is 0.625. The standard InChI is InChI=1S/C8H16N2O7S2/c1-7(2)8(11)9-5-6-16-19(14,15)10(3)17-18(4,12)13/h1,5-6H2,2-4H3,(H,9,11). The Bertz CT molecular complexity index is 537. The van der Waals surface area contributed by atoms with Crippen LogP contribution < -0.4 is 5.32 Å². The first-order chi connectivity index (χ1) is 8.46. The highest BCUT2D eigenvalue weighted by molar-refractivity contribution is 7.87. The number of carbonyl (C=O) groups excluding carboxylic acids is 1. The number of hydrogen-bond donors (Lipinski definition) is 1. The average molecular weight is 316 g/mol. The molecule has 0 rings (SSSR count). The molecule has 0 unspecified atom stereocenters. The van der Waals surface area contributed by atoms with E-state index >= 15 is 0 Å². The minimum Gasteiger partial charge on any atom is -0.350 e. The fourth-order valence-electron chi connectivity index (χ4n) is 0.765. The summed E-state index contributed by atoms with van der Waals surface area (Å²) in [4.78, 5) is 11.1. The van der Waals surface area contributed by atoms with Crippen LogP contribution in [0.15, 0.2) is 12.2 Å². The highest BCUT2D eigenvalue weighted by Gasteiger charge is 2.23. The molecule has 0 atom stereocenters. The summed E-state index contributed by atoms with van der Waals surface area (Å²) < 4.78 is 52.8. The summed E-state index contributed by atoms with van der Waals surface area (Å²) in [5.74, 6) is -0.443. The number of hydrogen-bond acceptors (Lipinski definition) is 7. The van der Waals surface area contributed by atoms with Gasteiger partial charge >= 0.3 is 10.3 Å². The van der Waals surface area contributed by atoms with Gasteiger partial charge in [0.2, 0.25) is 5.91 Å². The molecule has 0 radical (unpaired) electrons. The van der Waals surface area contributed by atoms with Gasteiger partial charge in [-0.1, -0.05) is 6.58 Å². The van der Waals surface area contributed by atoms with Gasteiger partial charge in [0.25, 0.3) is 10.1 Å². The minimum atomic E-state index is -4.35. The lowest BCUT2D eigenvalue weighted by molar-refractivity contribution is -0.117. The molecule has 0 aromatic heterocycles. The first-order valence-electron chi connectivity index (χ1n) is 4.92. The zero-order valence-electron chi connectivity index (χ0n) is 10.7. The third-order valence-electron chi connectivity index (χ3n) is 1.56.